The fourth-order valence-corrected chi connectivity index (χ4v) is 0.383. The van der Waals surface area contributed by atoms with Gasteiger partial charge in [0.2, 0.25) is 6.79 Å². The molecule has 0 amide bonds. The minimum Gasteiger partial charge on any atom is -0.425 e. The van der Waals surface area contributed by atoms with Crippen LogP contribution >= 0.6 is 12.4 Å². The lowest BCUT2D eigenvalue weighted by Gasteiger charge is -2.04. The summed E-state index contributed by atoms with van der Waals surface area (Å²) >= 11 is 0. The Bertz CT molecular complexity index is 232. The van der Waals surface area contributed by atoms with Gasteiger partial charge >= 0.3 is 11.9 Å². The molecule has 0 fully saturated rings. The maximum atomic E-state index is 10.8. The molecule has 0 aromatic rings. The van der Waals surface area contributed by atoms with Crippen LogP contribution in [-0.4, -0.2) is 18.7 Å². The van der Waals surface area contributed by atoms with Gasteiger partial charge in [-0.3, -0.25) is 0 Å². The van der Waals surface area contributed by atoms with Crippen LogP contribution in [0.1, 0.15) is 13.8 Å². The summed E-state index contributed by atoms with van der Waals surface area (Å²) < 4.78 is 9.00. The van der Waals surface area contributed by atoms with Gasteiger partial charge in [-0.2, -0.15) is 0 Å². The highest BCUT2D eigenvalue weighted by Crippen LogP contribution is 1.95. The maximum absolute atomic E-state index is 10.8. The summed E-state index contributed by atoms with van der Waals surface area (Å²) in [6, 6.07) is 0. The summed E-state index contributed by atoms with van der Waals surface area (Å²) in [6.45, 7) is 9.31. The van der Waals surface area contributed by atoms with Crippen LogP contribution in [0, 0.1) is 0 Å². The van der Waals surface area contributed by atoms with E-state index in [-0.39, 0.29) is 23.6 Å². The highest BCUT2D eigenvalue weighted by molar-refractivity contribution is 5.88. The molecule has 80 valence electrons. The molecule has 0 aromatic carbocycles. The molecule has 5 heteroatoms. The topological polar surface area (TPSA) is 52.6 Å². The zero-order valence-corrected chi connectivity index (χ0v) is 8.98. The number of hydrogen-bond donors (Lipinski definition) is 0. The van der Waals surface area contributed by atoms with Crippen molar-refractivity contribution in [1.29, 1.82) is 0 Å². The lowest BCUT2D eigenvalue weighted by Crippen LogP contribution is -2.13. The van der Waals surface area contributed by atoms with Crippen molar-refractivity contribution in [3.8, 4) is 0 Å². The summed E-state index contributed by atoms with van der Waals surface area (Å²) in [5, 5.41) is 0. The second kappa shape index (κ2) is 7.15. The Labute approximate surface area is 89.0 Å². The summed E-state index contributed by atoms with van der Waals surface area (Å²) in [5.41, 5.74) is 0.512. The van der Waals surface area contributed by atoms with Crippen molar-refractivity contribution in [3.63, 3.8) is 0 Å². The highest BCUT2D eigenvalue weighted by atomic mass is 35.5. The Kier molecular flexibility index (Phi) is 7.76. The van der Waals surface area contributed by atoms with Crippen LogP contribution in [0.15, 0.2) is 24.3 Å². The highest BCUT2D eigenvalue weighted by Gasteiger charge is 2.06. The van der Waals surface area contributed by atoms with Crippen molar-refractivity contribution in [2.24, 2.45) is 0 Å². The van der Waals surface area contributed by atoms with E-state index in [1.165, 1.54) is 13.8 Å². The van der Waals surface area contributed by atoms with E-state index < -0.39 is 18.7 Å². The van der Waals surface area contributed by atoms with E-state index in [0.717, 1.165) is 0 Å². The molecule has 0 rings (SSSR count). The summed E-state index contributed by atoms with van der Waals surface area (Å²) in [7, 11) is 0. The number of halogens is 1. The van der Waals surface area contributed by atoms with Crippen LogP contribution in [-0.2, 0) is 19.1 Å². The summed E-state index contributed by atoms with van der Waals surface area (Å²) in [6.07, 6.45) is 0. The van der Waals surface area contributed by atoms with E-state index in [1.807, 2.05) is 0 Å². The molecule has 0 aliphatic heterocycles. The summed E-state index contributed by atoms with van der Waals surface area (Å²) in [5.74, 6) is -1.18. The van der Waals surface area contributed by atoms with E-state index in [4.69, 9.17) is 0 Å². The molecule has 0 aliphatic carbocycles. The molecule has 0 aromatic heterocycles. The molecular formula is C9H13ClO4. The van der Waals surface area contributed by atoms with Crippen molar-refractivity contribution in [3.05, 3.63) is 24.3 Å². The standard InChI is InChI=1S/C9H12O4.ClH/c1-6(2)8(10)12-5-13-9(11)7(3)4;/h1,3,5H2,2,4H3;1H. The van der Waals surface area contributed by atoms with Crippen molar-refractivity contribution in [1.82, 2.24) is 0 Å². The van der Waals surface area contributed by atoms with Crippen molar-refractivity contribution >= 4 is 24.3 Å². The Hall–Kier alpha value is -1.29. The normalized spacial score (nSPS) is 8.14. The van der Waals surface area contributed by atoms with Gasteiger partial charge < -0.3 is 9.47 Å². The average Bonchev–Trinajstić information content (AvgIpc) is 2.03. The molecule has 0 saturated carbocycles. The van der Waals surface area contributed by atoms with Gasteiger partial charge in [-0.1, -0.05) is 13.2 Å². The largest absolute Gasteiger partial charge is 0.425 e. The van der Waals surface area contributed by atoms with Gasteiger partial charge in [0.15, 0.2) is 0 Å². The molecule has 0 N–H and O–H groups in total. The predicted octanol–water partition coefficient (Wildman–Crippen LogP) is 1.60. The van der Waals surface area contributed by atoms with E-state index in [2.05, 4.69) is 22.6 Å². The van der Waals surface area contributed by atoms with E-state index in [9.17, 15) is 9.59 Å². The second-order valence-corrected chi connectivity index (χ2v) is 2.54. The number of carbonyl (C=O) groups excluding carboxylic acids is 2. The fraction of sp³-hybridized carbons (Fsp3) is 0.333. The van der Waals surface area contributed by atoms with E-state index in [1.54, 1.807) is 0 Å². The zero-order valence-electron chi connectivity index (χ0n) is 8.16. The predicted molar refractivity (Wildman–Crippen MR) is 53.9 cm³/mol. The first-order chi connectivity index (χ1) is 5.95. The Balaban J connectivity index is 0. The third-order valence-electron chi connectivity index (χ3n) is 1.08. The molecule has 0 bridgehead atoms. The van der Waals surface area contributed by atoms with Crippen molar-refractivity contribution in [2.45, 2.75) is 13.8 Å². The van der Waals surface area contributed by atoms with Crippen molar-refractivity contribution < 1.29 is 19.1 Å². The Morgan fingerprint density at radius 3 is 1.50 bits per heavy atom. The zero-order chi connectivity index (χ0) is 10.4. The number of esters is 2. The molecular weight excluding hydrogens is 208 g/mol. The van der Waals surface area contributed by atoms with Gasteiger partial charge in [-0.15, -0.1) is 12.4 Å². The number of ether oxygens (including phenoxy) is 2. The molecule has 0 saturated heterocycles. The molecule has 0 radical (unpaired) electrons. The smallest absolute Gasteiger partial charge is 0.335 e. The first-order valence-electron chi connectivity index (χ1n) is 3.60. The maximum Gasteiger partial charge on any atom is 0.335 e. The molecule has 0 heterocycles. The molecule has 14 heavy (non-hydrogen) atoms. The quantitative estimate of drug-likeness (QED) is 0.410. The minimum absolute atomic E-state index is 0. The van der Waals surface area contributed by atoms with E-state index >= 15 is 0 Å². The number of carbonyl (C=O) groups is 2. The number of rotatable bonds is 4. The van der Waals surface area contributed by atoms with Gasteiger partial charge in [0.25, 0.3) is 0 Å². The van der Waals surface area contributed by atoms with Crippen LogP contribution in [0.5, 0.6) is 0 Å². The van der Waals surface area contributed by atoms with Crippen LogP contribution in [0.3, 0.4) is 0 Å². The van der Waals surface area contributed by atoms with Crippen LogP contribution in [0.2, 0.25) is 0 Å². The number of hydrogen-bond acceptors (Lipinski definition) is 4. The summed E-state index contributed by atoms with van der Waals surface area (Å²) in [4.78, 5) is 21.5. The third-order valence-corrected chi connectivity index (χ3v) is 1.08. The SMILES string of the molecule is C=C(C)C(=O)OCOC(=O)C(=C)C.Cl. The molecule has 4 nitrogen and oxygen atoms in total. The van der Waals surface area contributed by atoms with Gasteiger partial charge in [-0.25, -0.2) is 9.59 Å². The fourth-order valence-electron chi connectivity index (χ4n) is 0.383. The van der Waals surface area contributed by atoms with Crippen LogP contribution in [0.25, 0.3) is 0 Å². The first-order valence-corrected chi connectivity index (χ1v) is 3.60. The lowest BCUT2D eigenvalue weighted by molar-refractivity contribution is -0.161. The molecule has 0 unspecified atom stereocenters. The van der Waals surface area contributed by atoms with Crippen LogP contribution in [0.4, 0.5) is 0 Å². The first kappa shape index (κ1) is 15.2. The van der Waals surface area contributed by atoms with Gasteiger partial charge in [0, 0.05) is 11.1 Å². The van der Waals surface area contributed by atoms with Gasteiger partial charge in [0.1, 0.15) is 0 Å². The van der Waals surface area contributed by atoms with Crippen molar-refractivity contribution in [2.75, 3.05) is 6.79 Å². The average molecular weight is 221 g/mol. The molecule has 0 aliphatic rings. The molecule has 0 spiro atoms. The Morgan fingerprint density at radius 2 is 1.29 bits per heavy atom. The lowest BCUT2D eigenvalue weighted by atomic mass is 10.4. The van der Waals surface area contributed by atoms with Crippen LogP contribution < -0.4 is 0 Å². The molecule has 0 atom stereocenters. The van der Waals surface area contributed by atoms with E-state index in [0.29, 0.717) is 0 Å². The monoisotopic (exact) mass is 220 g/mol. The van der Waals surface area contributed by atoms with Gasteiger partial charge in [-0.05, 0) is 13.8 Å². The third kappa shape index (κ3) is 6.25. The van der Waals surface area contributed by atoms with Gasteiger partial charge in [0.05, 0.1) is 0 Å². The second-order valence-electron chi connectivity index (χ2n) is 2.54. The minimum atomic E-state index is -0.588. The Morgan fingerprint density at radius 1 is 1.00 bits per heavy atom.